The van der Waals surface area contributed by atoms with Crippen molar-refractivity contribution in [3.8, 4) is 0 Å². The van der Waals surface area contributed by atoms with E-state index in [9.17, 15) is 9.59 Å². The van der Waals surface area contributed by atoms with Gasteiger partial charge in [-0.15, -0.1) is 0 Å². The standard InChI is InChI=1S/C7H6N2O3S/c1-2-12-7(11)5-3-6(8-4-10)13-9-5/h3H,2H2,1H3. The van der Waals surface area contributed by atoms with Gasteiger partial charge in [-0.3, -0.25) is 0 Å². The van der Waals surface area contributed by atoms with Gasteiger partial charge in [0.25, 0.3) is 0 Å². The van der Waals surface area contributed by atoms with Gasteiger partial charge in [0.15, 0.2) is 5.69 Å². The Hall–Kier alpha value is -1.52. The van der Waals surface area contributed by atoms with Crippen molar-refractivity contribution in [2.45, 2.75) is 6.92 Å². The predicted molar refractivity (Wildman–Crippen MR) is 45.9 cm³/mol. The molecule has 68 valence electrons. The highest BCUT2D eigenvalue weighted by atomic mass is 32.1. The summed E-state index contributed by atoms with van der Waals surface area (Å²) in [6, 6.07) is 1.38. The zero-order valence-corrected chi connectivity index (χ0v) is 7.63. The van der Waals surface area contributed by atoms with Crippen molar-refractivity contribution in [2.75, 3.05) is 6.61 Å². The summed E-state index contributed by atoms with van der Waals surface area (Å²) >= 11 is 0.948. The molecule has 0 saturated heterocycles. The van der Waals surface area contributed by atoms with Crippen molar-refractivity contribution in [3.63, 3.8) is 0 Å². The number of isocyanates is 1. The molecule has 0 spiro atoms. The minimum Gasteiger partial charge on any atom is -0.461 e. The normalized spacial score (nSPS) is 9.00. The van der Waals surface area contributed by atoms with E-state index in [2.05, 4.69) is 14.1 Å². The van der Waals surface area contributed by atoms with Crippen molar-refractivity contribution >= 4 is 28.6 Å². The van der Waals surface area contributed by atoms with Crippen molar-refractivity contribution in [1.82, 2.24) is 4.37 Å². The van der Waals surface area contributed by atoms with Gasteiger partial charge in [-0.2, -0.15) is 9.37 Å². The fraction of sp³-hybridized carbons (Fsp3) is 0.286. The second-order valence-corrected chi connectivity index (χ2v) is 2.76. The molecule has 0 radical (unpaired) electrons. The lowest BCUT2D eigenvalue weighted by Gasteiger charge is -1.94. The van der Waals surface area contributed by atoms with Crippen LogP contribution in [0.1, 0.15) is 17.4 Å². The molecule has 1 heterocycles. The molecule has 1 aromatic rings. The van der Waals surface area contributed by atoms with Crippen LogP contribution in [-0.2, 0) is 9.53 Å². The minimum atomic E-state index is -0.508. The Morgan fingerprint density at radius 3 is 3.23 bits per heavy atom. The molecule has 0 amide bonds. The van der Waals surface area contributed by atoms with Crippen molar-refractivity contribution in [3.05, 3.63) is 11.8 Å². The second-order valence-electron chi connectivity index (χ2n) is 1.97. The Balaban J connectivity index is 2.79. The smallest absolute Gasteiger partial charge is 0.358 e. The fourth-order valence-corrected chi connectivity index (χ4v) is 1.23. The number of carbonyl (C=O) groups excluding carboxylic acids is 2. The second kappa shape index (κ2) is 4.49. The average molecular weight is 198 g/mol. The first-order valence-electron chi connectivity index (χ1n) is 3.49. The van der Waals surface area contributed by atoms with E-state index in [1.54, 1.807) is 6.92 Å². The third-order valence-electron chi connectivity index (χ3n) is 1.14. The molecule has 1 aromatic heterocycles. The largest absolute Gasteiger partial charge is 0.461 e. The van der Waals surface area contributed by atoms with Crippen molar-refractivity contribution in [1.29, 1.82) is 0 Å². The van der Waals surface area contributed by atoms with Gasteiger partial charge in [0.05, 0.1) is 6.61 Å². The molecule has 0 aliphatic rings. The third kappa shape index (κ3) is 2.47. The summed E-state index contributed by atoms with van der Waals surface area (Å²) in [6.07, 6.45) is 1.36. The monoisotopic (exact) mass is 198 g/mol. The number of carbonyl (C=O) groups is 1. The number of esters is 1. The van der Waals surface area contributed by atoms with Crippen molar-refractivity contribution in [2.24, 2.45) is 4.99 Å². The quantitative estimate of drug-likeness (QED) is 0.417. The Kier molecular flexibility index (Phi) is 3.31. The Labute approximate surface area is 78.2 Å². The van der Waals surface area contributed by atoms with Crippen LogP contribution in [-0.4, -0.2) is 23.0 Å². The first-order chi connectivity index (χ1) is 6.27. The molecule has 6 heteroatoms. The van der Waals surface area contributed by atoms with E-state index in [0.717, 1.165) is 11.5 Å². The molecule has 0 aliphatic heterocycles. The molecule has 0 bridgehead atoms. The maximum absolute atomic E-state index is 11.0. The maximum Gasteiger partial charge on any atom is 0.358 e. The number of nitrogens with zero attached hydrogens (tertiary/aromatic N) is 2. The number of rotatable bonds is 3. The lowest BCUT2D eigenvalue weighted by Crippen LogP contribution is -2.03. The summed E-state index contributed by atoms with van der Waals surface area (Å²) in [4.78, 5) is 24.2. The lowest BCUT2D eigenvalue weighted by molar-refractivity contribution is 0.0521. The average Bonchev–Trinajstić information content (AvgIpc) is 2.54. The molecule has 0 unspecified atom stereocenters. The Morgan fingerprint density at radius 1 is 1.85 bits per heavy atom. The van der Waals surface area contributed by atoms with Crippen LogP contribution in [0.2, 0.25) is 0 Å². The summed E-state index contributed by atoms with van der Waals surface area (Å²) in [7, 11) is 0. The summed E-state index contributed by atoms with van der Waals surface area (Å²) in [5.74, 6) is -0.508. The van der Waals surface area contributed by atoms with Crippen LogP contribution in [0.3, 0.4) is 0 Å². The minimum absolute atomic E-state index is 0.167. The van der Waals surface area contributed by atoms with E-state index in [-0.39, 0.29) is 5.69 Å². The lowest BCUT2D eigenvalue weighted by atomic mass is 10.4. The number of hydrogen-bond donors (Lipinski definition) is 0. The highest BCUT2D eigenvalue weighted by Gasteiger charge is 2.10. The van der Waals surface area contributed by atoms with Crippen LogP contribution in [0, 0.1) is 0 Å². The van der Waals surface area contributed by atoms with E-state index < -0.39 is 5.97 Å². The summed E-state index contributed by atoms with van der Waals surface area (Å²) in [5.41, 5.74) is 0.167. The summed E-state index contributed by atoms with van der Waals surface area (Å²) < 4.78 is 8.43. The molecule has 13 heavy (non-hydrogen) atoms. The highest BCUT2D eigenvalue weighted by molar-refractivity contribution is 7.10. The number of hydrogen-bond acceptors (Lipinski definition) is 6. The molecular weight excluding hydrogens is 192 g/mol. The molecule has 0 N–H and O–H groups in total. The van der Waals surface area contributed by atoms with Crippen LogP contribution in [0.5, 0.6) is 0 Å². The Bertz CT molecular complexity index is 354. The SMILES string of the molecule is CCOC(=O)c1cc(N=C=O)sn1. The van der Waals surface area contributed by atoms with Gasteiger partial charge in [-0.1, -0.05) is 0 Å². The van der Waals surface area contributed by atoms with Gasteiger partial charge in [0, 0.05) is 6.07 Å². The number of aromatic nitrogens is 1. The van der Waals surface area contributed by atoms with Crippen LogP contribution in [0.25, 0.3) is 0 Å². The van der Waals surface area contributed by atoms with Gasteiger partial charge in [0.2, 0.25) is 6.08 Å². The summed E-state index contributed by atoms with van der Waals surface area (Å²) in [5, 5.41) is 0.345. The van der Waals surface area contributed by atoms with E-state index in [1.807, 2.05) is 0 Å². The van der Waals surface area contributed by atoms with Crippen molar-refractivity contribution < 1.29 is 14.3 Å². The zero-order valence-electron chi connectivity index (χ0n) is 6.81. The molecule has 0 saturated carbocycles. The van der Waals surface area contributed by atoms with E-state index in [4.69, 9.17) is 0 Å². The first kappa shape index (κ1) is 9.57. The van der Waals surface area contributed by atoms with Crippen LogP contribution >= 0.6 is 11.5 Å². The number of aliphatic imine (C=N–C) groups is 1. The van der Waals surface area contributed by atoms with Gasteiger partial charge in [0.1, 0.15) is 5.00 Å². The van der Waals surface area contributed by atoms with E-state index >= 15 is 0 Å². The van der Waals surface area contributed by atoms with Gasteiger partial charge in [-0.25, -0.2) is 9.59 Å². The van der Waals surface area contributed by atoms with Crippen LogP contribution in [0.15, 0.2) is 11.1 Å². The topological polar surface area (TPSA) is 68.6 Å². The first-order valence-corrected chi connectivity index (χ1v) is 4.27. The molecule has 1 rings (SSSR count). The fourth-order valence-electron chi connectivity index (χ4n) is 0.665. The third-order valence-corrected chi connectivity index (χ3v) is 1.82. The predicted octanol–water partition coefficient (Wildman–Crippen LogP) is 1.29. The van der Waals surface area contributed by atoms with E-state index in [1.165, 1.54) is 12.1 Å². The number of ether oxygens (including phenoxy) is 1. The zero-order chi connectivity index (χ0) is 9.68. The summed E-state index contributed by atoms with van der Waals surface area (Å²) in [6.45, 7) is 2.00. The van der Waals surface area contributed by atoms with Crippen LogP contribution in [0.4, 0.5) is 5.00 Å². The molecular formula is C7H6N2O3S. The van der Waals surface area contributed by atoms with E-state index in [0.29, 0.717) is 11.6 Å². The molecule has 5 nitrogen and oxygen atoms in total. The molecule has 0 aliphatic carbocycles. The van der Waals surface area contributed by atoms with Gasteiger partial charge < -0.3 is 4.74 Å². The molecule has 0 fully saturated rings. The Morgan fingerprint density at radius 2 is 2.62 bits per heavy atom. The molecule has 0 aromatic carbocycles. The maximum atomic E-state index is 11.0. The van der Waals surface area contributed by atoms with Gasteiger partial charge >= 0.3 is 5.97 Å². The highest BCUT2D eigenvalue weighted by Crippen LogP contribution is 2.19. The molecule has 0 atom stereocenters. The van der Waals surface area contributed by atoms with Crippen LogP contribution < -0.4 is 0 Å². The van der Waals surface area contributed by atoms with Gasteiger partial charge in [-0.05, 0) is 18.5 Å².